The van der Waals surface area contributed by atoms with Crippen molar-refractivity contribution in [2.45, 2.75) is 38.1 Å². The van der Waals surface area contributed by atoms with Gasteiger partial charge < -0.3 is 38.6 Å². The molecule has 0 aromatic heterocycles. The summed E-state index contributed by atoms with van der Waals surface area (Å²) in [6, 6.07) is 30.8. The molecule has 1 amide bonds. The average molecular weight is 667 g/mol. The minimum absolute atomic E-state index is 0.0526. The number of piperidine rings is 1. The van der Waals surface area contributed by atoms with Crippen LogP contribution in [0.4, 0.5) is 4.79 Å². The van der Waals surface area contributed by atoms with Crippen molar-refractivity contribution < 1.29 is 28.8 Å². The Kier molecular flexibility index (Phi) is 12.4. The van der Waals surface area contributed by atoms with Crippen LogP contribution in [0, 0.1) is 0 Å². The van der Waals surface area contributed by atoms with Gasteiger partial charge in [-0.05, 0) is 71.3 Å². The van der Waals surface area contributed by atoms with Gasteiger partial charge in [-0.25, -0.2) is 0 Å². The van der Waals surface area contributed by atoms with Crippen molar-refractivity contribution in [1.82, 2.24) is 14.7 Å². The number of nitrogens with zero attached hydrogens (tertiary/aromatic N) is 3. The van der Waals surface area contributed by atoms with E-state index < -0.39 is 6.09 Å². The number of carboxylic acid groups (broad SMARTS) is 1. The highest BCUT2D eigenvalue weighted by Gasteiger charge is 2.31. The van der Waals surface area contributed by atoms with Gasteiger partial charge in [0.05, 0.1) is 32.5 Å². The topological polar surface area (TPSA) is 86.8 Å². The Morgan fingerprint density at radius 2 is 1.51 bits per heavy atom. The van der Waals surface area contributed by atoms with Crippen LogP contribution in [0.2, 0.25) is 0 Å². The monoisotopic (exact) mass is 666 g/mol. The molecule has 9 heteroatoms. The molecule has 2 unspecified atom stereocenters. The first kappa shape index (κ1) is 34.7. The first-order valence-corrected chi connectivity index (χ1v) is 17.5. The average Bonchev–Trinajstić information content (AvgIpc) is 3.13. The van der Waals surface area contributed by atoms with E-state index >= 15 is 0 Å². The number of ether oxygens (including phenoxy) is 4. The van der Waals surface area contributed by atoms with E-state index in [4.69, 9.17) is 18.9 Å². The highest BCUT2D eigenvalue weighted by atomic mass is 16.5. The third kappa shape index (κ3) is 10.2. The standard InChI is InChI=1S/C40H49N3O6/c1-41-18-20-42(21-19-41)22-25-48-37-15-10-33-9-8-32(26-35(33)27-37)30-49-39-28-43(40(44)45)17-16-38(39)34-11-13-36(14-12-34)47-24-5-23-46-29-31-6-3-2-4-7-31/h2-4,6-15,26-27,38-39H,5,16-25,28-30H2,1H3,(H,44,45)/p-1. The number of rotatable bonds is 15. The second-order valence-corrected chi connectivity index (χ2v) is 13.1. The molecule has 0 N–H and O–H groups in total. The number of benzene rings is 4. The molecule has 6 rings (SSSR count). The van der Waals surface area contributed by atoms with E-state index in [1.165, 1.54) is 4.90 Å². The molecular weight excluding hydrogens is 618 g/mol. The SMILES string of the molecule is CN1CCN(CCOc2ccc3ccc(COC4CN(C(=O)[O-])CCC4c4ccc(OCCCOCc5ccccc5)cc4)cc3c2)CC1. The van der Waals surface area contributed by atoms with Gasteiger partial charge in [0.2, 0.25) is 0 Å². The third-order valence-corrected chi connectivity index (χ3v) is 9.55. The molecule has 2 aliphatic heterocycles. The molecule has 0 saturated carbocycles. The van der Waals surface area contributed by atoms with E-state index in [2.05, 4.69) is 71.4 Å². The zero-order chi connectivity index (χ0) is 33.8. The number of likely N-dealkylation sites (tertiary alicyclic amines) is 1. The van der Waals surface area contributed by atoms with E-state index in [-0.39, 0.29) is 18.6 Å². The van der Waals surface area contributed by atoms with Crippen LogP contribution >= 0.6 is 0 Å². The van der Waals surface area contributed by atoms with Crippen LogP contribution in [0.25, 0.3) is 10.8 Å². The first-order chi connectivity index (χ1) is 24.0. The number of amides is 1. The minimum atomic E-state index is -1.16. The molecule has 2 saturated heterocycles. The summed E-state index contributed by atoms with van der Waals surface area (Å²) < 4.78 is 24.3. The summed E-state index contributed by atoms with van der Waals surface area (Å²) in [5, 5.41) is 14.0. The lowest BCUT2D eigenvalue weighted by atomic mass is 9.87. The van der Waals surface area contributed by atoms with E-state index in [1.807, 2.05) is 36.4 Å². The highest BCUT2D eigenvalue weighted by Crippen LogP contribution is 2.32. The van der Waals surface area contributed by atoms with Crippen LogP contribution in [0.5, 0.6) is 11.5 Å². The van der Waals surface area contributed by atoms with Crippen LogP contribution in [-0.2, 0) is 22.7 Å². The third-order valence-electron chi connectivity index (χ3n) is 9.55. The van der Waals surface area contributed by atoms with Crippen LogP contribution in [0.3, 0.4) is 0 Å². The zero-order valence-electron chi connectivity index (χ0n) is 28.5. The molecular formula is C40H48N3O6-. The minimum Gasteiger partial charge on any atom is -0.530 e. The predicted molar refractivity (Wildman–Crippen MR) is 189 cm³/mol. The quantitative estimate of drug-likeness (QED) is 0.161. The number of hydrogen-bond acceptors (Lipinski definition) is 8. The lowest BCUT2D eigenvalue weighted by molar-refractivity contribution is -0.268. The van der Waals surface area contributed by atoms with Gasteiger partial charge in [-0.1, -0.05) is 60.7 Å². The normalized spacial score (nSPS) is 18.8. The fourth-order valence-corrected chi connectivity index (χ4v) is 6.58. The summed E-state index contributed by atoms with van der Waals surface area (Å²) in [7, 11) is 2.17. The van der Waals surface area contributed by atoms with E-state index in [0.29, 0.717) is 46.0 Å². The maximum absolute atomic E-state index is 11.8. The van der Waals surface area contributed by atoms with Crippen molar-refractivity contribution in [3.05, 3.63) is 108 Å². The molecule has 260 valence electrons. The van der Waals surface area contributed by atoms with E-state index in [9.17, 15) is 9.90 Å². The Bertz CT molecular complexity index is 1610. The largest absolute Gasteiger partial charge is 0.530 e. The summed E-state index contributed by atoms with van der Waals surface area (Å²) in [6.45, 7) is 8.80. The number of fused-ring (bicyclic) bond motifs is 1. The van der Waals surface area contributed by atoms with E-state index in [1.54, 1.807) is 0 Å². The molecule has 2 aliphatic rings. The molecule has 0 aliphatic carbocycles. The second-order valence-electron chi connectivity index (χ2n) is 13.1. The lowest BCUT2D eigenvalue weighted by Gasteiger charge is -2.40. The van der Waals surface area contributed by atoms with Crippen molar-refractivity contribution in [1.29, 1.82) is 0 Å². The Balaban J connectivity index is 1.01. The number of likely N-dealkylation sites (N-methyl/N-ethyl adjacent to an activating group) is 1. The molecule has 2 fully saturated rings. The van der Waals surface area contributed by atoms with E-state index in [0.717, 1.165) is 78.1 Å². The molecule has 9 nitrogen and oxygen atoms in total. The van der Waals surface area contributed by atoms with Gasteiger partial charge >= 0.3 is 0 Å². The van der Waals surface area contributed by atoms with Gasteiger partial charge in [0.25, 0.3) is 0 Å². The van der Waals surface area contributed by atoms with Crippen molar-refractivity contribution >= 4 is 16.9 Å². The second kappa shape index (κ2) is 17.5. The summed E-state index contributed by atoms with van der Waals surface area (Å²) in [4.78, 5) is 17.9. The van der Waals surface area contributed by atoms with Gasteiger partial charge in [0, 0.05) is 58.2 Å². The van der Waals surface area contributed by atoms with Crippen LogP contribution in [0.1, 0.15) is 35.4 Å². The fraction of sp³-hybridized carbons (Fsp3) is 0.425. The highest BCUT2D eigenvalue weighted by molar-refractivity contribution is 5.84. The molecule has 49 heavy (non-hydrogen) atoms. The van der Waals surface area contributed by atoms with Crippen LogP contribution in [-0.4, -0.2) is 99.6 Å². The maximum atomic E-state index is 11.8. The van der Waals surface area contributed by atoms with Crippen molar-refractivity contribution in [3.8, 4) is 11.5 Å². The van der Waals surface area contributed by atoms with Crippen molar-refractivity contribution in [2.75, 3.05) is 72.7 Å². The molecule has 2 atom stereocenters. The van der Waals surface area contributed by atoms with Gasteiger partial charge in [-0.2, -0.15) is 0 Å². The summed E-state index contributed by atoms with van der Waals surface area (Å²) in [5.41, 5.74) is 3.30. The number of carbonyl (C=O) groups is 1. The molecule has 2 heterocycles. The Hall–Kier alpha value is -4.15. The number of carbonyl (C=O) groups excluding carboxylic acids is 1. The van der Waals surface area contributed by atoms with Crippen molar-refractivity contribution in [2.24, 2.45) is 0 Å². The molecule has 0 radical (unpaired) electrons. The van der Waals surface area contributed by atoms with Gasteiger partial charge in [-0.3, -0.25) is 4.90 Å². The van der Waals surface area contributed by atoms with Crippen LogP contribution < -0.4 is 14.6 Å². The smallest absolute Gasteiger partial charge is 0.137 e. The summed E-state index contributed by atoms with van der Waals surface area (Å²) >= 11 is 0. The summed E-state index contributed by atoms with van der Waals surface area (Å²) in [5.74, 6) is 1.72. The lowest BCUT2D eigenvalue weighted by Crippen LogP contribution is -2.51. The summed E-state index contributed by atoms with van der Waals surface area (Å²) in [6.07, 6.45) is -0.00869. The van der Waals surface area contributed by atoms with Gasteiger partial charge in [-0.15, -0.1) is 0 Å². The van der Waals surface area contributed by atoms with Gasteiger partial charge in [0.15, 0.2) is 0 Å². The molecule has 0 bridgehead atoms. The molecule has 0 spiro atoms. The fourth-order valence-electron chi connectivity index (χ4n) is 6.58. The number of piperazine rings is 1. The van der Waals surface area contributed by atoms with Crippen LogP contribution in [0.15, 0.2) is 91.0 Å². The number of hydrogen-bond donors (Lipinski definition) is 0. The Labute approximate surface area is 289 Å². The molecule has 4 aromatic carbocycles. The van der Waals surface area contributed by atoms with Gasteiger partial charge in [0.1, 0.15) is 24.2 Å². The predicted octanol–water partition coefficient (Wildman–Crippen LogP) is 5.17. The van der Waals surface area contributed by atoms with Crippen molar-refractivity contribution in [3.63, 3.8) is 0 Å². The Morgan fingerprint density at radius 3 is 2.31 bits per heavy atom. The first-order valence-electron chi connectivity index (χ1n) is 17.5. The zero-order valence-corrected chi connectivity index (χ0v) is 28.5. The Morgan fingerprint density at radius 1 is 0.755 bits per heavy atom. The molecule has 4 aromatic rings. The maximum Gasteiger partial charge on any atom is 0.137 e.